The van der Waals surface area contributed by atoms with Crippen LogP contribution in [0.25, 0.3) is 0 Å². The molecule has 90 valence electrons. The molecule has 4 nitrogen and oxygen atoms in total. The second kappa shape index (κ2) is 6.45. The SMILES string of the molecule is CCNC(C)c1ccc(N(C)CCO)cn1. The van der Waals surface area contributed by atoms with Crippen LogP contribution in [0.3, 0.4) is 0 Å². The van der Waals surface area contributed by atoms with Crippen LogP contribution in [0.1, 0.15) is 25.6 Å². The summed E-state index contributed by atoms with van der Waals surface area (Å²) < 4.78 is 0. The van der Waals surface area contributed by atoms with E-state index in [1.165, 1.54) is 0 Å². The Balaban J connectivity index is 2.67. The standard InChI is InChI=1S/C12H21N3O/c1-4-13-10(2)12-6-5-11(9-14-12)15(3)7-8-16/h5-6,9-10,13,16H,4,7-8H2,1-3H3. The number of aromatic nitrogens is 1. The first-order valence-electron chi connectivity index (χ1n) is 5.70. The Morgan fingerprint density at radius 1 is 1.50 bits per heavy atom. The lowest BCUT2D eigenvalue weighted by atomic mass is 10.2. The minimum atomic E-state index is 0.159. The van der Waals surface area contributed by atoms with Crippen LogP contribution in [0, 0.1) is 0 Å². The molecule has 1 unspecified atom stereocenters. The van der Waals surface area contributed by atoms with Gasteiger partial charge in [-0.2, -0.15) is 0 Å². The first-order chi connectivity index (χ1) is 7.69. The van der Waals surface area contributed by atoms with Crippen molar-refractivity contribution in [3.63, 3.8) is 0 Å². The van der Waals surface area contributed by atoms with Crippen molar-refractivity contribution in [3.05, 3.63) is 24.0 Å². The summed E-state index contributed by atoms with van der Waals surface area (Å²) in [4.78, 5) is 6.40. The monoisotopic (exact) mass is 223 g/mol. The summed E-state index contributed by atoms with van der Waals surface area (Å²) in [5.41, 5.74) is 2.07. The average Bonchev–Trinajstić information content (AvgIpc) is 2.30. The average molecular weight is 223 g/mol. The summed E-state index contributed by atoms with van der Waals surface area (Å²) in [6, 6.07) is 4.34. The van der Waals surface area contributed by atoms with Gasteiger partial charge in [0.15, 0.2) is 0 Å². The van der Waals surface area contributed by atoms with Gasteiger partial charge in [0.2, 0.25) is 0 Å². The molecule has 2 N–H and O–H groups in total. The van der Waals surface area contributed by atoms with Crippen molar-refractivity contribution in [1.29, 1.82) is 0 Å². The number of nitrogens with one attached hydrogen (secondary N) is 1. The lowest BCUT2D eigenvalue weighted by molar-refractivity contribution is 0.304. The molecule has 1 aromatic rings. The van der Waals surface area contributed by atoms with Gasteiger partial charge in [-0.1, -0.05) is 6.92 Å². The molecular formula is C12H21N3O. The van der Waals surface area contributed by atoms with Crippen molar-refractivity contribution in [2.24, 2.45) is 0 Å². The molecule has 1 aromatic heterocycles. The highest BCUT2D eigenvalue weighted by Gasteiger charge is 2.06. The van der Waals surface area contributed by atoms with E-state index in [-0.39, 0.29) is 12.6 Å². The van der Waals surface area contributed by atoms with E-state index in [1.807, 2.05) is 30.3 Å². The molecule has 0 amide bonds. The zero-order chi connectivity index (χ0) is 12.0. The molecule has 16 heavy (non-hydrogen) atoms. The number of aliphatic hydroxyl groups is 1. The van der Waals surface area contributed by atoms with Crippen LogP contribution in [0.2, 0.25) is 0 Å². The van der Waals surface area contributed by atoms with E-state index in [9.17, 15) is 0 Å². The third kappa shape index (κ3) is 3.47. The fourth-order valence-electron chi connectivity index (χ4n) is 1.57. The van der Waals surface area contributed by atoms with Crippen LogP contribution < -0.4 is 10.2 Å². The highest BCUT2D eigenvalue weighted by molar-refractivity contribution is 5.43. The van der Waals surface area contributed by atoms with Crippen LogP contribution >= 0.6 is 0 Å². The zero-order valence-corrected chi connectivity index (χ0v) is 10.3. The number of aliphatic hydroxyl groups excluding tert-OH is 1. The largest absolute Gasteiger partial charge is 0.395 e. The maximum absolute atomic E-state index is 8.84. The van der Waals surface area contributed by atoms with Crippen molar-refractivity contribution in [3.8, 4) is 0 Å². The zero-order valence-electron chi connectivity index (χ0n) is 10.3. The highest BCUT2D eigenvalue weighted by atomic mass is 16.3. The first-order valence-corrected chi connectivity index (χ1v) is 5.70. The van der Waals surface area contributed by atoms with E-state index in [1.54, 1.807) is 0 Å². The third-order valence-corrected chi connectivity index (χ3v) is 2.60. The molecule has 0 radical (unpaired) electrons. The van der Waals surface area contributed by atoms with Crippen LogP contribution in [0.4, 0.5) is 5.69 Å². The molecule has 0 saturated heterocycles. The number of pyridine rings is 1. The molecule has 0 aliphatic heterocycles. The first kappa shape index (κ1) is 12.9. The summed E-state index contributed by atoms with van der Waals surface area (Å²) in [6.45, 7) is 5.91. The molecule has 0 bridgehead atoms. The maximum Gasteiger partial charge on any atom is 0.0606 e. The Bertz CT molecular complexity index is 269. The van der Waals surface area contributed by atoms with E-state index >= 15 is 0 Å². The molecule has 4 heteroatoms. The smallest absolute Gasteiger partial charge is 0.0606 e. The molecule has 0 aliphatic rings. The normalized spacial score (nSPS) is 12.5. The van der Waals surface area contributed by atoms with Crippen molar-refractivity contribution >= 4 is 5.69 Å². The second-order valence-electron chi connectivity index (χ2n) is 3.87. The Labute approximate surface area is 97.3 Å². The van der Waals surface area contributed by atoms with Gasteiger partial charge in [-0.15, -0.1) is 0 Å². The fraction of sp³-hybridized carbons (Fsp3) is 0.583. The van der Waals surface area contributed by atoms with Crippen LogP contribution in [-0.2, 0) is 0 Å². The van der Waals surface area contributed by atoms with E-state index < -0.39 is 0 Å². The Morgan fingerprint density at radius 2 is 2.25 bits per heavy atom. The topological polar surface area (TPSA) is 48.4 Å². The van der Waals surface area contributed by atoms with Gasteiger partial charge >= 0.3 is 0 Å². The quantitative estimate of drug-likeness (QED) is 0.760. The lowest BCUT2D eigenvalue weighted by Crippen LogP contribution is -2.22. The van der Waals surface area contributed by atoms with Gasteiger partial charge in [0.05, 0.1) is 24.2 Å². The molecule has 1 atom stereocenters. The number of likely N-dealkylation sites (N-methyl/N-ethyl adjacent to an activating group) is 1. The van der Waals surface area contributed by atoms with Gasteiger partial charge in [0, 0.05) is 19.6 Å². The van der Waals surface area contributed by atoms with Crippen molar-refractivity contribution < 1.29 is 5.11 Å². The number of hydrogen-bond donors (Lipinski definition) is 2. The van der Waals surface area contributed by atoms with E-state index in [2.05, 4.69) is 24.1 Å². The van der Waals surface area contributed by atoms with Gasteiger partial charge in [0.25, 0.3) is 0 Å². The molecular weight excluding hydrogens is 202 g/mol. The van der Waals surface area contributed by atoms with Crippen molar-refractivity contribution in [2.45, 2.75) is 19.9 Å². The van der Waals surface area contributed by atoms with E-state index in [0.717, 1.165) is 17.9 Å². The third-order valence-electron chi connectivity index (χ3n) is 2.60. The van der Waals surface area contributed by atoms with Gasteiger partial charge in [-0.25, -0.2) is 0 Å². The van der Waals surface area contributed by atoms with Crippen LogP contribution in [0.15, 0.2) is 18.3 Å². The van der Waals surface area contributed by atoms with Crippen LogP contribution in [0.5, 0.6) is 0 Å². The summed E-state index contributed by atoms with van der Waals surface area (Å²) in [6.07, 6.45) is 1.85. The highest BCUT2D eigenvalue weighted by Crippen LogP contribution is 2.14. The number of hydrogen-bond acceptors (Lipinski definition) is 4. The Kier molecular flexibility index (Phi) is 5.22. The van der Waals surface area contributed by atoms with Gasteiger partial charge < -0.3 is 15.3 Å². The molecule has 1 heterocycles. The van der Waals surface area contributed by atoms with Gasteiger partial charge in [0.1, 0.15) is 0 Å². The lowest BCUT2D eigenvalue weighted by Gasteiger charge is -2.18. The summed E-state index contributed by atoms with van der Waals surface area (Å²) in [7, 11) is 1.95. The predicted octanol–water partition coefficient (Wildman–Crippen LogP) is 1.18. The number of nitrogens with zero attached hydrogens (tertiary/aromatic N) is 2. The second-order valence-corrected chi connectivity index (χ2v) is 3.87. The van der Waals surface area contributed by atoms with Crippen LogP contribution in [-0.4, -0.2) is 36.8 Å². The molecule has 0 fully saturated rings. The van der Waals surface area contributed by atoms with Gasteiger partial charge in [-0.3, -0.25) is 4.98 Å². The molecule has 1 rings (SSSR count). The predicted molar refractivity (Wildman–Crippen MR) is 66.7 cm³/mol. The minimum Gasteiger partial charge on any atom is -0.395 e. The van der Waals surface area contributed by atoms with E-state index in [0.29, 0.717) is 6.54 Å². The number of rotatable bonds is 6. The van der Waals surface area contributed by atoms with Crippen molar-refractivity contribution in [2.75, 3.05) is 31.6 Å². The van der Waals surface area contributed by atoms with Gasteiger partial charge in [-0.05, 0) is 25.6 Å². The fourth-order valence-corrected chi connectivity index (χ4v) is 1.57. The number of anilines is 1. The maximum atomic E-state index is 8.84. The Morgan fingerprint density at radius 3 is 2.75 bits per heavy atom. The molecule has 0 spiro atoms. The van der Waals surface area contributed by atoms with Crippen molar-refractivity contribution in [1.82, 2.24) is 10.3 Å². The molecule has 0 aromatic carbocycles. The molecule has 0 aliphatic carbocycles. The molecule has 0 saturated carbocycles. The van der Waals surface area contributed by atoms with E-state index in [4.69, 9.17) is 5.11 Å². The minimum absolute atomic E-state index is 0.159. The summed E-state index contributed by atoms with van der Waals surface area (Å²) >= 11 is 0. The summed E-state index contributed by atoms with van der Waals surface area (Å²) in [5.74, 6) is 0. The Hall–Kier alpha value is -1.13. The summed E-state index contributed by atoms with van der Waals surface area (Å²) in [5, 5.41) is 12.2.